The van der Waals surface area contributed by atoms with Crippen molar-refractivity contribution in [3.05, 3.63) is 34.4 Å². The molecular weight excluding hydrogens is 250 g/mol. The molecule has 2 rings (SSSR count). The lowest BCUT2D eigenvalue weighted by molar-refractivity contribution is -0.383. The Morgan fingerprint density at radius 3 is 2.74 bits per heavy atom. The van der Waals surface area contributed by atoms with Gasteiger partial charge in [0.15, 0.2) is 5.52 Å². The summed E-state index contributed by atoms with van der Waals surface area (Å²) in [5.74, 6) is 0.365. The van der Waals surface area contributed by atoms with Crippen LogP contribution in [0.3, 0.4) is 0 Å². The number of carbonyl (C=O) groups is 1. The number of fused-ring (bicyclic) bond motifs is 1. The van der Waals surface area contributed by atoms with E-state index in [1.54, 1.807) is 18.2 Å². The fourth-order valence-electron chi connectivity index (χ4n) is 1.70. The van der Waals surface area contributed by atoms with E-state index in [1.807, 2.05) is 0 Å². The largest absolute Gasteiger partial charge is 0.496 e. The molecule has 0 atom stereocenters. The van der Waals surface area contributed by atoms with Crippen LogP contribution in [0.1, 0.15) is 6.92 Å². The first kappa shape index (κ1) is 12.7. The molecule has 1 amide bonds. The fraction of sp³-hybridized carbons (Fsp3) is 0.167. The number of nitro benzene ring substituents is 1. The van der Waals surface area contributed by atoms with Crippen molar-refractivity contribution in [2.45, 2.75) is 6.92 Å². The molecule has 1 aromatic heterocycles. The molecule has 0 saturated heterocycles. The summed E-state index contributed by atoms with van der Waals surface area (Å²) in [5, 5.41) is 14.1. The monoisotopic (exact) mass is 261 g/mol. The Hall–Kier alpha value is -2.70. The smallest absolute Gasteiger partial charge is 0.299 e. The molecule has 0 aliphatic heterocycles. The van der Waals surface area contributed by atoms with Crippen molar-refractivity contribution >= 4 is 28.3 Å². The highest BCUT2D eigenvalue weighted by molar-refractivity contribution is 5.93. The van der Waals surface area contributed by atoms with E-state index in [1.165, 1.54) is 20.1 Å². The average molecular weight is 261 g/mol. The number of nitro groups is 1. The fourth-order valence-corrected chi connectivity index (χ4v) is 1.70. The van der Waals surface area contributed by atoms with Crippen LogP contribution in [0.4, 0.5) is 11.5 Å². The summed E-state index contributed by atoms with van der Waals surface area (Å²) in [6.45, 7) is 1.34. The molecule has 1 heterocycles. The topological polar surface area (TPSA) is 94.4 Å². The van der Waals surface area contributed by atoms with E-state index in [4.69, 9.17) is 4.74 Å². The van der Waals surface area contributed by atoms with Gasteiger partial charge in [-0.2, -0.15) is 0 Å². The first-order valence-corrected chi connectivity index (χ1v) is 5.42. The zero-order valence-corrected chi connectivity index (χ0v) is 10.3. The van der Waals surface area contributed by atoms with Crippen molar-refractivity contribution in [2.75, 3.05) is 12.4 Å². The molecule has 19 heavy (non-hydrogen) atoms. The zero-order valence-electron chi connectivity index (χ0n) is 10.3. The second-order valence-corrected chi connectivity index (χ2v) is 3.85. The summed E-state index contributed by atoms with van der Waals surface area (Å²) in [7, 11) is 1.43. The number of amides is 1. The number of hydrogen-bond acceptors (Lipinski definition) is 5. The Balaban J connectivity index is 2.65. The summed E-state index contributed by atoms with van der Waals surface area (Å²) in [4.78, 5) is 25.6. The number of non-ortho nitro benzene ring substituents is 1. The first-order chi connectivity index (χ1) is 9.01. The highest BCUT2D eigenvalue weighted by Crippen LogP contribution is 2.30. The summed E-state index contributed by atoms with van der Waals surface area (Å²) in [6, 6.07) is 6.16. The highest BCUT2D eigenvalue weighted by Gasteiger charge is 2.16. The number of rotatable bonds is 3. The maximum atomic E-state index is 11.0. The third kappa shape index (κ3) is 2.59. The van der Waals surface area contributed by atoms with E-state index in [0.29, 0.717) is 11.1 Å². The van der Waals surface area contributed by atoms with Crippen molar-refractivity contribution < 1.29 is 14.5 Å². The van der Waals surface area contributed by atoms with Crippen LogP contribution in [0.2, 0.25) is 0 Å². The van der Waals surface area contributed by atoms with Gasteiger partial charge in [-0.3, -0.25) is 14.9 Å². The predicted octanol–water partition coefficient (Wildman–Crippen LogP) is 2.11. The van der Waals surface area contributed by atoms with Crippen molar-refractivity contribution in [2.24, 2.45) is 0 Å². The molecular formula is C12H11N3O4. The minimum atomic E-state index is -0.532. The van der Waals surface area contributed by atoms with Crippen molar-refractivity contribution in [1.29, 1.82) is 0 Å². The van der Waals surface area contributed by atoms with E-state index < -0.39 is 4.92 Å². The Bertz CT molecular complexity index is 669. The van der Waals surface area contributed by atoms with Crippen LogP contribution in [0.5, 0.6) is 5.75 Å². The molecule has 0 bridgehead atoms. The summed E-state index contributed by atoms with van der Waals surface area (Å²) >= 11 is 0. The maximum Gasteiger partial charge on any atom is 0.299 e. The minimum absolute atomic E-state index is 0.165. The van der Waals surface area contributed by atoms with Gasteiger partial charge in [-0.15, -0.1) is 0 Å². The summed E-state index contributed by atoms with van der Waals surface area (Å²) < 4.78 is 5.01. The lowest BCUT2D eigenvalue weighted by atomic mass is 10.2. The number of nitrogens with zero attached hydrogens (tertiary/aromatic N) is 2. The number of hydrogen-bond donors (Lipinski definition) is 1. The van der Waals surface area contributed by atoms with Crippen LogP contribution in [-0.2, 0) is 4.79 Å². The lowest BCUT2D eigenvalue weighted by Crippen LogP contribution is -2.07. The van der Waals surface area contributed by atoms with Crippen LogP contribution in [0.15, 0.2) is 24.3 Å². The predicted molar refractivity (Wildman–Crippen MR) is 69.3 cm³/mol. The molecule has 0 saturated carbocycles. The number of carbonyl (C=O) groups excluding carboxylic acids is 1. The van der Waals surface area contributed by atoms with Gasteiger partial charge in [-0.25, -0.2) is 4.98 Å². The van der Waals surface area contributed by atoms with Crippen molar-refractivity contribution in [1.82, 2.24) is 4.98 Å². The Labute approximate surface area is 108 Å². The van der Waals surface area contributed by atoms with Crippen LogP contribution in [0, 0.1) is 10.1 Å². The molecule has 98 valence electrons. The summed E-state index contributed by atoms with van der Waals surface area (Å²) in [6.07, 6.45) is 0. The van der Waals surface area contributed by atoms with E-state index in [-0.39, 0.29) is 22.9 Å². The number of anilines is 1. The maximum absolute atomic E-state index is 11.0. The highest BCUT2D eigenvalue weighted by atomic mass is 16.6. The number of pyridine rings is 1. The minimum Gasteiger partial charge on any atom is -0.496 e. The van der Waals surface area contributed by atoms with Crippen LogP contribution in [-0.4, -0.2) is 22.9 Å². The summed E-state index contributed by atoms with van der Waals surface area (Å²) in [5.41, 5.74) is 0.0404. The van der Waals surface area contributed by atoms with Gasteiger partial charge in [0.2, 0.25) is 5.91 Å². The Morgan fingerprint density at radius 2 is 2.16 bits per heavy atom. The molecule has 0 unspecified atom stereocenters. The molecule has 1 aromatic carbocycles. The number of nitrogens with one attached hydrogen (secondary N) is 1. The van der Waals surface area contributed by atoms with E-state index >= 15 is 0 Å². The molecule has 0 fully saturated rings. The molecule has 7 nitrogen and oxygen atoms in total. The SMILES string of the molecule is COc1cc([N+](=O)[O-])c2nc(NC(C)=O)ccc2c1. The number of ether oxygens (including phenoxy) is 1. The van der Waals surface area contributed by atoms with Gasteiger partial charge in [0, 0.05) is 12.3 Å². The molecule has 0 spiro atoms. The van der Waals surface area contributed by atoms with Crippen molar-refractivity contribution in [3.63, 3.8) is 0 Å². The zero-order chi connectivity index (χ0) is 14.0. The Kier molecular flexibility index (Phi) is 3.28. The first-order valence-electron chi connectivity index (χ1n) is 5.42. The van der Waals surface area contributed by atoms with E-state index in [0.717, 1.165) is 0 Å². The quantitative estimate of drug-likeness (QED) is 0.674. The van der Waals surface area contributed by atoms with Gasteiger partial charge < -0.3 is 10.1 Å². The molecule has 0 aliphatic carbocycles. The van der Waals surface area contributed by atoms with Gasteiger partial charge in [0.1, 0.15) is 11.6 Å². The second-order valence-electron chi connectivity index (χ2n) is 3.85. The standard InChI is InChI=1S/C12H11N3O4/c1-7(16)13-11-4-3-8-5-9(19-2)6-10(15(17)18)12(8)14-11/h3-6H,1-2H3,(H,13,14,16). The third-order valence-corrected chi connectivity index (χ3v) is 2.48. The lowest BCUT2D eigenvalue weighted by Gasteiger charge is -2.06. The number of methoxy groups -OCH3 is 1. The van der Waals surface area contributed by atoms with Gasteiger partial charge in [-0.1, -0.05) is 0 Å². The second kappa shape index (κ2) is 4.89. The molecule has 1 N–H and O–H groups in total. The number of aromatic nitrogens is 1. The molecule has 2 aromatic rings. The van der Waals surface area contributed by atoms with Crippen LogP contribution >= 0.6 is 0 Å². The van der Waals surface area contributed by atoms with Crippen LogP contribution in [0.25, 0.3) is 10.9 Å². The van der Waals surface area contributed by atoms with Gasteiger partial charge >= 0.3 is 0 Å². The Morgan fingerprint density at radius 1 is 1.42 bits per heavy atom. The van der Waals surface area contributed by atoms with E-state index in [2.05, 4.69) is 10.3 Å². The number of benzene rings is 1. The molecule has 0 aliphatic rings. The van der Waals surface area contributed by atoms with Gasteiger partial charge in [0.25, 0.3) is 5.69 Å². The molecule has 0 radical (unpaired) electrons. The van der Waals surface area contributed by atoms with E-state index in [9.17, 15) is 14.9 Å². The van der Waals surface area contributed by atoms with Crippen molar-refractivity contribution in [3.8, 4) is 5.75 Å². The average Bonchev–Trinajstić information content (AvgIpc) is 2.36. The van der Waals surface area contributed by atoms with Crippen LogP contribution < -0.4 is 10.1 Å². The molecule has 7 heteroatoms. The normalized spacial score (nSPS) is 10.2. The third-order valence-electron chi connectivity index (χ3n) is 2.48. The van der Waals surface area contributed by atoms with Gasteiger partial charge in [-0.05, 0) is 18.2 Å². The van der Waals surface area contributed by atoms with Gasteiger partial charge in [0.05, 0.1) is 18.1 Å².